The molecule has 32 heavy (non-hydrogen) atoms. The fourth-order valence-corrected chi connectivity index (χ4v) is 3.15. The molecular formula is C24H20ClF2NO4. The van der Waals surface area contributed by atoms with Crippen LogP contribution in [0.15, 0.2) is 60.7 Å². The molecule has 1 amide bonds. The molecule has 0 aliphatic rings. The number of hydrogen-bond acceptors (Lipinski definition) is 4. The second-order valence-corrected chi connectivity index (χ2v) is 7.42. The zero-order valence-electron chi connectivity index (χ0n) is 17.3. The first-order valence-electron chi connectivity index (χ1n) is 9.64. The first kappa shape index (κ1) is 23.2. The van der Waals surface area contributed by atoms with E-state index < -0.39 is 23.5 Å². The first-order valence-corrected chi connectivity index (χ1v) is 10.0. The number of halogens is 3. The maximum Gasteiger partial charge on any atom is 0.337 e. The molecule has 1 N–H and O–H groups in total. The minimum Gasteiger partial charge on any atom is -0.488 e. The quantitative estimate of drug-likeness (QED) is 0.475. The van der Waals surface area contributed by atoms with Crippen molar-refractivity contribution in [2.45, 2.75) is 19.6 Å². The maximum absolute atomic E-state index is 13.4. The van der Waals surface area contributed by atoms with Crippen LogP contribution >= 0.6 is 11.6 Å². The molecule has 3 aromatic rings. The summed E-state index contributed by atoms with van der Waals surface area (Å²) in [6.07, 6.45) is 0. The number of amides is 1. The zero-order chi connectivity index (χ0) is 23.3. The summed E-state index contributed by atoms with van der Waals surface area (Å²) in [5.74, 6) is -2.57. The summed E-state index contributed by atoms with van der Waals surface area (Å²) in [6.45, 7) is 1.72. The Morgan fingerprint density at radius 2 is 1.72 bits per heavy atom. The highest BCUT2D eigenvalue weighted by atomic mass is 35.5. The lowest BCUT2D eigenvalue weighted by atomic mass is 10.1. The lowest BCUT2D eigenvalue weighted by Crippen LogP contribution is -2.27. The lowest BCUT2D eigenvalue weighted by molar-refractivity contribution is 0.0600. The maximum atomic E-state index is 13.4. The van der Waals surface area contributed by atoms with E-state index in [2.05, 4.69) is 10.1 Å². The largest absolute Gasteiger partial charge is 0.488 e. The van der Waals surface area contributed by atoms with E-state index in [1.54, 1.807) is 37.3 Å². The van der Waals surface area contributed by atoms with E-state index in [1.165, 1.54) is 25.3 Å². The summed E-state index contributed by atoms with van der Waals surface area (Å²) in [6, 6.07) is 14.3. The Morgan fingerprint density at radius 1 is 1.00 bits per heavy atom. The summed E-state index contributed by atoms with van der Waals surface area (Å²) >= 11 is 6.06. The predicted octanol–water partition coefficient (Wildman–Crippen LogP) is 5.47. The Balaban J connectivity index is 1.73. The molecule has 3 rings (SSSR count). The summed E-state index contributed by atoms with van der Waals surface area (Å²) in [5.41, 5.74) is 1.78. The number of benzene rings is 3. The van der Waals surface area contributed by atoms with Crippen molar-refractivity contribution < 1.29 is 27.8 Å². The Kier molecular flexibility index (Phi) is 7.43. The molecule has 3 aromatic carbocycles. The highest BCUT2D eigenvalue weighted by molar-refractivity contribution is 6.31. The first-order chi connectivity index (χ1) is 15.3. The van der Waals surface area contributed by atoms with Crippen LogP contribution in [-0.4, -0.2) is 19.0 Å². The molecule has 0 aromatic heterocycles. The fraction of sp³-hybridized carbons (Fsp3) is 0.167. The molecule has 0 aliphatic heterocycles. The van der Waals surface area contributed by atoms with Gasteiger partial charge in [-0.1, -0.05) is 29.8 Å². The highest BCUT2D eigenvalue weighted by Gasteiger charge is 2.17. The van der Waals surface area contributed by atoms with E-state index in [4.69, 9.17) is 16.3 Å². The van der Waals surface area contributed by atoms with Gasteiger partial charge in [-0.05, 0) is 60.5 Å². The minimum absolute atomic E-state index is 0.0658. The molecule has 1 atom stereocenters. The normalized spacial score (nSPS) is 11.5. The van der Waals surface area contributed by atoms with E-state index in [-0.39, 0.29) is 24.0 Å². The van der Waals surface area contributed by atoms with E-state index in [1.807, 2.05) is 0 Å². The topological polar surface area (TPSA) is 64.6 Å². The minimum atomic E-state index is -0.979. The van der Waals surface area contributed by atoms with E-state index in [0.29, 0.717) is 16.1 Å². The molecule has 0 heterocycles. The smallest absolute Gasteiger partial charge is 0.337 e. The lowest BCUT2D eigenvalue weighted by Gasteiger charge is -2.17. The van der Waals surface area contributed by atoms with Gasteiger partial charge in [0.15, 0.2) is 11.6 Å². The van der Waals surface area contributed by atoms with Crippen molar-refractivity contribution in [2.24, 2.45) is 0 Å². The third-order valence-electron chi connectivity index (χ3n) is 4.74. The highest BCUT2D eigenvalue weighted by Crippen LogP contribution is 2.25. The van der Waals surface area contributed by atoms with Gasteiger partial charge in [0.1, 0.15) is 12.4 Å². The Morgan fingerprint density at radius 3 is 2.38 bits per heavy atom. The van der Waals surface area contributed by atoms with Crippen molar-refractivity contribution in [3.8, 4) is 5.75 Å². The van der Waals surface area contributed by atoms with Crippen LogP contribution in [0.2, 0.25) is 5.02 Å². The van der Waals surface area contributed by atoms with Gasteiger partial charge >= 0.3 is 5.97 Å². The molecular weight excluding hydrogens is 440 g/mol. The Hall–Kier alpha value is -3.45. The summed E-state index contributed by atoms with van der Waals surface area (Å²) in [4.78, 5) is 24.5. The molecule has 0 spiro atoms. The van der Waals surface area contributed by atoms with Crippen LogP contribution in [0.5, 0.6) is 5.75 Å². The SMILES string of the molecule is COC(=O)c1ccc([C@H](C)NC(=O)c2cc(Cl)ccc2OCc2ccc(F)c(F)c2)cc1. The summed E-state index contributed by atoms with van der Waals surface area (Å²) in [7, 11) is 1.30. The second-order valence-electron chi connectivity index (χ2n) is 6.99. The van der Waals surface area contributed by atoms with Crippen molar-refractivity contribution in [3.05, 3.63) is 99.6 Å². The average molecular weight is 460 g/mol. The van der Waals surface area contributed by atoms with Crippen LogP contribution in [-0.2, 0) is 11.3 Å². The van der Waals surface area contributed by atoms with Crippen LogP contribution in [0, 0.1) is 11.6 Å². The number of methoxy groups -OCH3 is 1. The molecule has 5 nitrogen and oxygen atoms in total. The van der Waals surface area contributed by atoms with Gasteiger partial charge < -0.3 is 14.8 Å². The van der Waals surface area contributed by atoms with Gasteiger partial charge in [-0.2, -0.15) is 0 Å². The van der Waals surface area contributed by atoms with Crippen molar-refractivity contribution in [1.29, 1.82) is 0 Å². The van der Waals surface area contributed by atoms with Crippen LogP contribution in [0.1, 0.15) is 44.8 Å². The van der Waals surface area contributed by atoms with Crippen molar-refractivity contribution >= 4 is 23.5 Å². The third-order valence-corrected chi connectivity index (χ3v) is 4.98. The number of nitrogens with one attached hydrogen (secondary N) is 1. The van der Waals surface area contributed by atoms with Gasteiger partial charge in [0.25, 0.3) is 5.91 Å². The van der Waals surface area contributed by atoms with Crippen LogP contribution in [0.4, 0.5) is 8.78 Å². The van der Waals surface area contributed by atoms with Crippen molar-refractivity contribution in [1.82, 2.24) is 5.32 Å². The molecule has 8 heteroatoms. The summed E-state index contributed by atoms with van der Waals surface area (Å²) < 4.78 is 36.9. The van der Waals surface area contributed by atoms with Crippen LogP contribution < -0.4 is 10.1 Å². The predicted molar refractivity (Wildman–Crippen MR) is 116 cm³/mol. The fourth-order valence-electron chi connectivity index (χ4n) is 2.98. The van der Waals surface area contributed by atoms with Crippen LogP contribution in [0.3, 0.4) is 0 Å². The third kappa shape index (κ3) is 5.62. The number of ether oxygens (including phenoxy) is 2. The van der Waals surface area contributed by atoms with Crippen molar-refractivity contribution in [2.75, 3.05) is 7.11 Å². The molecule has 0 aliphatic carbocycles. The molecule has 0 fully saturated rings. The second kappa shape index (κ2) is 10.2. The molecule has 0 saturated heterocycles. The van der Waals surface area contributed by atoms with Crippen LogP contribution in [0.25, 0.3) is 0 Å². The number of carbonyl (C=O) groups excluding carboxylic acids is 2. The molecule has 166 valence electrons. The molecule has 0 saturated carbocycles. The number of hydrogen-bond donors (Lipinski definition) is 1. The standard InChI is InChI=1S/C24H20ClF2NO4/c1-14(16-4-6-17(7-5-16)24(30)31-2)28-23(29)19-12-18(25)8-10-22(19)32-13-15-3-9-20(26)21(27)11-15/h3-12,14H,13H2,1-2H3,(H,28,29)/t14-/m0/s1. The number of carbonyl (C=O) groups is 2. The zero-order valence-corrected chi connectivity index (χ0v) is 18.1. The average Bonchev–Trinajstić information content (AvgIpc) is 2.79. The van der Waals surface area contributed by atoms with Gasteiger partial charge in [0.2, 0.25) is 0 Å². The van der Waals surface area contributed by atoms with Gasteiger partial charge in [0.05, 0.1) is 24.3 Å². The van der Waals surface area contributed by atoms with Gasteiger partial charge in [-0.15, -0.1) is 0 Å². The van der Waals surface area contributed by atoms with E-state index in [0.717, 1.165) is 17.7 Å². The van der Waals surface area contributed by atoms with E-state index in [9.17, 15) is 18.4 Å². The summed E-state index contributed by atoms with van der Waals surface area (Å²) in [5, 5.41) is 3.19. The molecule has 0 radical (unpaired) electrons. The Labute approximate surface area is 188 Å². The molecule has 0 bridgehead atoms. The van der Waals surface area contributed by atoms with Gasteiger partial charge in [-0.3, -0.25) is 4.79 Å². The monoisotopic (exact) mass is 459 g/mol. The van der Waals surface area contributed by atoms with Gasteiger partial charge in [-0.25, -0.2) is 13.6 Å². The van der Waals surface area contributed by atoms with Gasteiger partial charge in [0, 0.05) is 5.02 Å². The Bertz CT molecular complexity index is 1140. The number of rotatable bonds is 7. The number of esters is 1. The van der Waals surface area contributed by atoms with Crippen molar-refractivity contribution in [3.63, 3.8) is 0 Å². The molecule has 0 unspecified atom stereocenters. The van der Waals surface area contributed by atoms with E-state index >= 15 is 0 Å².